The molecule has 2 aromatic rings. The second-order valence-electron chi connectivity index (χ2n) is 5.70. The van der Waals surface area contributed by atoms with Crippen LogP contribution in [0.4, 0.5) is 11.9 Å². The molecule has 112 valence electrons. The van der Waals surface area contributed by atoms with Crippen molar-refractivity contribution in [1.82, 2.24) is 29.7 Å². The van der Waals surface area contributed by atoms with E-state index in [0.29, 0.717) is 25.0 Å². The molecule has 0 spiro atoms. The number of nitrogens with zero attached hydrogens (tertiary/aromatic N) is 7. The van der Waals surface area contributed by atoms with Crippen molar-refractivity contribution < 1.29 is 4.74 Å². The zero-order valence-corrected chi connectivity index (χ0v) is 12.3. The van der Waals surface area contributed by atoms with Crippen LogP contribution < -0.4 is 10.6 Å². The molecular weight excluding hydrogens is 272 g/mol. The number of rotatable bonds is 2. The highest BCUT2D eigenvalue weighted by atomic mass is 16.5. The molecule has 0 saturated carbocycles. The molecule has 1 atom stereocenters. The fourth-order valence-electron chi connectivity index (χ4n) is 2.53. The van der Waals surface area contributed by atoms with E-state index >= 15 is 0 Å². The average Bonchev–Trinajstić information content (AvgIpc) is 2.89. The second-order valence-corrected chi connectivity index (χ2v) is 5.70. The predicted molar refractivity (Wildman–Crippen MR) is 76.0 cm³/mol. The Bertz CT molecular complexity index is 626. The van der Waals surface area contributed by atoms with Gasteiger partial charge in [0.2, 0.25) is 11.9 Å². The molecule has 0 amide bonds. The molecule has 1 unspecified atom stereocenters. The lowest BCUT2D eigenvalue weighted by atomic mass is 10.1. The van der Waals surface area contributed by atoms with Gasteiger partial charge in [-0.15, -0.1) is 0 Å². The minimum absolute atomic E-state index is 0.0848. The van der Waals surface area contributed by atoms with Crippen molar-refractivity contribution in [1.29, 1.82) is 0 Å². The zero-order chi connectivity index (χ0) is 15.0. The van der Waals surface area contributed by atoms with E-state index in [1.807, 2.05) is 25.7 Å². The quantitative estimate of drug-likeness (QED) is 0.825. The van der Waals surface area contributed by atoms with Crippen LogP contribution >= 0.6 is 0 Å². The summed E-state index contributed by atoms with van der Waals surface area (Å²) in [5.74, 6) is 1.03. The van der Waals surface area contributed by atoms with E-state index in [9.17, 15) is 0 Å². The summed E-state index contributed by atoms with van der Waals surface area (Å²) in [5.41, 5.74) is 5.52. The van der Waals surface area contributed by atoms with Gasteiger partial charge in [-0.3, -0.25) is 0 Å². The maximum atomic E-state index is 5.89. The van der Waals surface area contributed by atoms with E-state index < -0.39 is 0 Å². The monoisotopic (exact) mass is 290 g/mol. The van der Waals surface area contributed by atoms with Crippen LogP contribution in [0.5, 0.6) is 0 Å². The minimum atomic E-state index is -0.271. The predicted octanol–water partition coefficient (Wildman–Crippen LogP) is 0.0382. The molecule has 3 rings (SSSR count). The number of morpholine rings is 1. The summed E-state index contributed by atoms with van der Waals surface area (Å²) in [5, 5.41) is 4.01. The summed E-state index contributed by atoms with van der Waals surface area (Å²) in [6.07, 6.45) is 3.02. The molecule has 1 fully saturated rings. The van der Waals surface area contributed by atoms with Gasteiger partial charge in [-0.05, 0) is 20.8 Å². The Labute approximate surface area is 122 Å². The summed E-state index contributed by atoms with van der Waals surface area (Å²) in [7, 11) is 0. The minimum Gasteiger partial charge on any atom is -0.369 e. The molecule has 2 N–H and O–H groups in total. The first-order chi connectivity index (χ1) is 9.93. The number of hydrogen-bond donors (Lipinski definition) is 1. The average molecular weight is 290 g/mol. The highest BCUT2D eigenvalue weighted by Gasteiger charge is 2.33. The number of nitrogens with two attached hydrogens (primary N) is 1. The van der Waals surface area contributed by atoms with Crippen molar-refractivity contribution >= 4 is 11.9 Å². The van der Waals surface area contributed by atoms with Gasteiger partial charge in [0.05, 0.1) is 11.7 Å². The summed E-state index contributed by atoms with van der Waals surface area (Å²) in [4.78, 5) is 18.7. The van der Waals surface area contributed by atoms with Gasteiger partial charge in [0.25, 0.3) is 5.95 Å². The lowest BCUT2D eigenvalue weighted by molar-refractivity contribution is -0.0753. The number of anilines is 2. The van der Waals surface area contributed by atoms with Crippen LogP contribution in [0.2, 0.25) is 0 Å². The van der Waals surface area contributed by atoms with Gasteiger partial charge in [0.15, 0.2) is 0 Å². The standard InChI is InChI=1S/C12H18N8O/c1-8-4-19(5-12(2,3)21-8)10-16-9(13)17-11(18-10)20-7-14-6-15-20/h6-8H,4-5H2,1-3H3,(H2,13,16,17,18). The molecule has 0 aliphatic carbocycles. The first kappa shape index (κ1) is 13.7. The van der Waals surface area contributed by atoms with Crippen molar-refractivity contribution in [3.05, 3.63) is 12.7 Å². The molecule has 1 saturated heterocycles. The van der Waals surface area contributed by atoms with Crippen LogP contribution in [0.3, 0.4) is 0 Å². The fraction of sp³-hybridized carbons (Fsp3) is 0.583. The van der Waals surface area contributed by atoms with Gasteiger partial charge < -0.3 is 15.4 Å². The van der Waals surface area contributed by atoms with Crippen molar-refractivity contribution in [2.75, 3.05) is 23.7 Å². The lowest BCUT2D eigenvalue weighted by Gasteiger charge is -2.41. The first-order valence-corrected chi connectivity index (χ1v) is 6.72. The van der Waals surface area contributed by atoms with Crippen molar-refractivity contribution in [2.24, 2.45) is 0 Å². The van der Waals surface area contributed by atoms with Crippen molar-refractivity contribution in [3.63, 3.8) is 0 Å². The summed E-state index contributed by atoms with van der Waals surface area (Å²) in [6.45, 7) is 7.48. The third-order valence-electron chi connectivity index (χ3n) is 3.10. The molecule has 2 aromatic heterocycles. The SMILES string of the molecule is CC1CN(c2nc(N)nc(-n3cncn3)n2)CC(C)(C)O1. The maximum Gasteiger partial charge on any atom is 0.258 e. The highest BCUT2D eigenvalue weighted by molar-refractivity contribution is 5.38. The molecular formula is C12H18N8O. The van der Waals surface area contributed by atoms with Gasteiger partial charge in [0.1, 0.15) is 12.7 Å². The molecule has 0 radical (unpaired) electrons. The molecule has 9 heteroatoms. The van der Waals surface area contributed by atoms with Gasteiger partial charge in [0, 0.05) is 13.1 Å². The van der Waals surface area contributed by atoms with Gasteiger partial charge >= 0.3 is 0 Å². The largest absolute Gasteiger partial charge is 0.369 e. The number of ether oxygens (including phenoxy) is 1. The van der Waals surface area contributed by atoms with E-state index in [0.717, 1.165) is 0 Å². The van der Waals surface area contributed by atoms with E-state index in [4.69, 9.17) is 10.5 Å². The molecule has 9 nitrogen and oxygen atoms in total. The molecule has 3 heterocycles. The van der Waals surface area contributed by atoms with Gasteiger partial charge in [-0.1, -0.05) is 0 Å². The van der Waals surface area contributed by atoms with Crippen LogP contribution in [-0.4, -0.2) is 54.5 Å². The van der Waals surface area contributed by atoms with E-state index in [-0.39, 0.29) is 17.7 Å². The molecule has 0 aromatic carbocycles. The molecule has 21 heavy (non-hydrogen) atoms. The molecule has 1 aliphatic heterocycles. The zero-order valence-electron chi connectivity index (χ0n) is 12.3. The molecule has 0 bridgehead atoms. The van der Waals surface area contributed by atoms with Crippen LogP contribution in [0.25, 0.3) is 5.95 Å². The van der Waals surface area contributed by atoms with Gasteiger partial charge in [-0.2, -0.15) is 24.7 Å². The number of hydrogen-bond acceptors (Lipinski definition) is 8. The Morgan fingerprint density at radius 1 is 1.29 bits per heavy atom. The van der Waals surface area contributed by atoms with Crippen molar-refractivity contribution in [3.8, 4) is 5.95 Å². The normalized spacial score (nSPS) is 21.5. The Balaban J connectivity index is 1.95. The smallest absolute Gasteiger partial charge is 0.258 e. The van der Waals surface area contributed by atoms with E-state index in [1.54, 1.807) is 0 Å². The van der Waals surface area contributed by atoms with Crippen LogP contribution in [0.15, 0.2) is 12.7 Å². The Kier molecular flexibility index (Phi) is 3.20. The van der Waals surface area contributed by atoms with Crippen LogP contribution in [0.1, 0.15) is 20.8 Å². The Morgan fingerprint density at radius 2 is 2.05 bits per heavy atom. The third kappa shape index (κ3) is 2.92. The summed E-state index contributed by atoms with van der Waals surface area (Å²) >= 11 is 0. The summed E-state index contributed by atoms with van der Waals surface area (Å²) < 4.78 is 7.34. The Hall–Kier alpha value is -2.29. The Morgan fingerprint density at radius 3 is 2.71 bits per heavy atom. The molecule has 1 aliphatic rings. The maximum absolute atomic E-state index is 5.89. The lowest BCUT2D eigenvalue weighted by Crippen LogP contribution is -2.52. The number of aromatic nitrogens is 6. The second kappa shape index (κ2) is 4.92. The van der Waals surface area contributed by atoms with E-state index in [1.165, 1.54) is 17.3 Å². The van der Waals surface area contributed by atoms with Crippen LogP contribution in [0, 0.1) is 0 Å². The van der Waals surface area contributed by atoms with Crippen LogP contribution in [-0.2, 0) is 4.74 Å². The number of nitrogen functional groups attached to an aromatic ring is 1. The topological polar surface area (TPSA) is 108 Å². The highest BCUT2D eigenvalue weighted by Crippen LogP contribution is 2.24. The first-order valence-electron chi connectivity index (χ1n) is 6.72. The third-order valence-corrected chi connectivity index (χ3v) is 3.10. The fourth-order valence-corrected chi connectivity index (χ4v) is 2.53. The van der Waals surface area contributed by atoms with Gasteiger partial charge in [-0.25, -0.2) is 4.98 Å². The van der Waals surface area contributed by atoms with Crippen molar-refractivity contribution in [2.45, 2.75) is 32.5 Å². The summed E-state index contributed by atoms with van der Waals surface area (Å²) in [6, 6.07) is 0. The van der Waals surface area contributed by atoms with E-state index in [2.05, 4.69) is 25.0 Å².